The van der Waals surface area contributed by atoms with Crippen molar-refractivity contribution in [2.75, 3.05) is 5.32 Å². The average Bonchev–Trinajstić information content (AvgIpc) is 2.90. The van der Waals surface area contributed by atoms with Crippen LogP contribution in [-0.4, -0.2) is 45.6 Å². The van der Waals surface area contributed by atoms with Gasteiger partial charge < -0.3 is 21.9 Å². The number of amides is 1. The number of aliphatic carboxylic acids is 1. The molecule has 2 aromatic carbocycles. The van der Waals surface area contributed by atoms with Gasteiger partial charge in [-0.3, -0.25) is 24.2 Å². The number of hydrogen-bond acceptors (Lipinski definition) is 7. The molecule has 0 aliphatic rings. The number of hydrogen-bond donors (Lipinski definition) is 4. The van der Waals surface area contributed by atoms with Crippen LogP contribution in [0, 0.1) is 5.92 Å². The Balaban J connectivity index is 1.58. The molecule has 0 spiro atoms. The van der Waals surface area contributed by atoms with Crippen LogP contribution < -0.4 is 16.8 Å². The summed E-state index contributed by atoms with van der Waals surface area (Å²) >= 11 is 0. The van der Waals surface area contributed by atoms with E-state index in [1.54, 1.807) is 6.20 Å². The average molecular weight is 519 g/mol. The molecule has 0 bridgehead atoms. The molecule has 0 fully saturated rings. The highest BCUT2D eigenvalue weighted by molar-refractivity contribution is 5.97. The maximum absolute atomic E-state index is 13.3. The first-order valence-electron chi connectivity index (χ1n) is 12.7. The van der Waals surface area contributed by atoms with Crippen molar-refractivity contribution < 1.29 is 24.3 Å². The summed E-state index contributed by atoms with van der Waals surface area (Å²) in [5.74, 6) is -2.59. The van der Waals surface area contributed by atoms with Gasteiger partial charge in [0.05, 0.1) is 35.9 Å². The Hall–Kier alpha value is -3.95. The number of nitrogens with two attached hydrogens (primary N) is 2. The van der Waals surface area contributed by atoms with E-state index in [9.17, 15) is 19.2 Å². The topological polar surface area (TPSA) is 165 Å². The lowest BCUT2D eigenvalue weighted by atomic mass is 9.90. The van der Waals surface area contributed by atoms with Crippen LogP contribution in [0.3, 0.4) is 0 Å². The van der Waals surface area contributed by atoms with Gasteiger partial charge in [0.2, 0.25) is 5.91 Å². The van der Waals surface area contributed by atoms with E-state index < -0.39 is 30.4 Å². The van der Waals surface area contributed by atoms with Gasteiger partial charge in [-0.1, -0.05) is 55.0 Å². The Labute approximate surface area is 221 Å². The zero-order valence-electron chi connectivity index (χ0n) is 21.2. The van der Waals surface area contributed by atoms with Crippen LogP contribution >= 0.6 is 0 Å². The lowest BCUT2D eigenvalue weighted by molar-refractivity contribution is -0.139. The second kappa shape index (κ2) is 14.1. The number of fused-ring (bicyclic) bond motifs is 1. The van der Waals surface area contributed by atoms with Gasteiger partial charge in [-0.05, 0) is 37.0 Å². The molecule has 0 aliphatic carbocycles. The van der Waals surface area contributed by atoms with E-state index in [0.29, 0.717) is 31.4 Å². The van der Waals surface area contributed by atoms with Crippen LogP contribution in [0.25, 0.3) is 10.9 Å². The smallest absolute Gasteiger partial charge is 0.305 e. The molecule has 0 saturated carbocycles. The van der Waals surface area contributed by atoms with E-state index in [2.05, 4.69) is 10.3 Å². The summed E-state index contributed by atoms with van der Waals surface area (Å²) in [5.41, 5.74) is 14.0. The molecule has 6 N–H and O–H groups in total. The van der Waals surface area contributed by atoms with Crippen LogP contribution in [0.15, 0.2) is 66.9 Å². The van der Waals surface area contributed by atoms with Gasteiger partial charge in [-0.25, -0.2) is 0 Å². The van der Waals surface area contributed by atoms with E-state index in [-0.39, 0.29) is 30.3 Å². The second-order valence-electron chi connectivity index (χ2n) is 9.49. The quantitative estimate of drug-likeness (QED) is 0.223. The highest BCUT2D eigenvalue weighted by Crippen LogP contribution is 2.20. The second-order valence-corrected chi connectivity index (χ2v) is 9.49. The number of pyridine rings is 1. The van der Waals surface area contributed by atoms with E-state index >= 15 is 0 Å². The summed E-state index contributed by atoms with van der Waals surface area (Å²) in [6.45, 7) is 0. The number of carboxylic acid groups (broad SMARTS) is 1. The Morgan fingerprint density at radius 3 is 2.32 bits per heavy atom. The van der Waals surface area contributed by atoms with Gasteiger partial charge in [0.15, 0.2) is 0 Å². The normalized spacial score (nSPS) is 13.4. The third-order valence-electron chi connectivity index (χ3n) is 6.41. The number of carbonyl (C=O) groups is 4. The van der Waals surface area contributed by atoms with Crippen molar-refractivity contribution in [2.45, 2.75) is 57.0 Å². The standard InChI is InChI=1S/C29H34N4O5/c30-23(11-5-7-13-26(34)24(31)17-28(36)37)27(35)16-21(14-19-8-2-1-3-9-19)29(38)33-22-15-20-10-4-6-12-25(20)32-18-22/h1-4,6,8-10,12,15,18,21,23-24H,5,7,11,13-14,16-17,30-31H2,(H,33,38)(H,36,37)/t21-,23-,24-/m0/s1. The molecule has 0 radical (unpaired) electrons. The monoisotopic (exact) mass is 518 g/mol. The molecule has 3 atom stereocenters. The Morgan fingerprint density at radius 2 is 1.58 bits per heavy atom. The molecule has 0 unspecified atom stereocenters. The predicted molar refractivity (Wildman–Crippen MR) is 145 cm³/mol. The molecule has 1 heterocycles. The van der Waals surface area contributed by atoms with Gasteiger partial charge in [0.1, 0.15) is 11.6 Å². The maximum atomic E-state index is 13.3. The van der Waals surface area contributed by atoms with Gasteiger partial charge in [0, 0.05) is 24.1 Å². The Morgan fingerprint density at radius 1 is 0.868 bits per heavy atom. The molecule has 3 aromatic rings. The van der Waals surface area contributed by atoms with Crippen molar-refractivity contribution in [3.63, 3.8) is 0 Å². The highest BCUT2D eigenvalue weighted by Gasteiger charge is 2.26. The fraction of sp³-hybridized carbons (Fsp3) is 0.345. The first-order valence-corrected chi connectivity index (χ1v) is 12.7. The number of carbonyl (C=O) groups excluding carboxylic acids is 3. The van der Waals surface area contributed by atoms with E-state index in [0.717, 1.165) is 16.5 Å². The van der Waals surface area contributed by atoms with E-state index in [1.165, 1.54) is 0 Å². The number of anilines is 1. The minimum atomic E-state index is -1.12. The van der Waals surface area contributed by atoms with Gasteiger partial charge in [-0.2, -0.15) is 0 Å². The van der Waals surface area contributed by atoms with Gasteiger partial charge in [-0.15, -0.1) is 0 Å². The van der Waals surface area contributed by atoms with Crippen LogP contribution in [0.4, 0.5) is 5.69 Å². The number of para-hydroxylation sites is 1. The minimum absolute atomic E-state index is 0.0225. The number of unbranched alkanes of at least 4 members (excludes halogenated alkanes) is 1. The molecule has 9 heteroatoms. The molecule has 1 amide bonds. The fourth-order valence-electron chi connectivity index (χ4n) is 4.25. The molecule has 3 rings (SSSR count). The molecule has 9 nitrogen and oxygen atoms in total. The summed E-state index contributed by atoms with van der Waals surface area (Å²) in [7, 11) is 0. The first-order chi connectivity index (χ1) is 18.2. The van der Waals surface area contributed by atoms with Gasteiger partial charge >= 0.3 is 5.97 Å². The zero-order chi connectivity index (χ0) is 27.5. The number of carboxylic acids is 1. The van der Waals surface area contributed by atoms with Crippen molar-refractivity contribution >= 4 is 40.0 Å². The fourth-order valence-corrected chi connectivity index (χ4v) is 4.25. The third-order valence-corrected chi connectivity index (χ3v) is 6.41. The molecule has 200 valence electrons. The third kappa shape index (κ3) is 8.86. The number of benzene rings is 2. The Bertz CT molecular complexity index is 1260. The molecular weight excluding hydrogens is 484 g/mol. The number of aromatic nitrogens is 1. The molecule has 38 heavy (non-hydrogen) atoms. The lowest BCUT2D eigenvalue weighted by Crippen LogP contribution is -2.35. The molecular formula is C29H34N4O5. The number of nitrogens with zero attached hydrogens (tertiary/aromatic N) is 1. The lowest BCUT2D eigenvalue weighted by Gasteiger charge is -2.19. The zero-order valence-corrected chi connectivity index (χ0v) is 21.2. The van der Waals surface area contributed by atoms with E-state index in [1.807, 2.05) is 60.7 Å². The van der Waals surface area contributed by atoms with Crippen LogP contribution in [0.2, 0.25) is 0 Å². The van der Waals surface area contributed by atoms with E-state index in [4.69, 9.17) is 16.6 Å². The number of Topliss-reactive ketones (excluding diaryl/α,β-unsaturated/α-hetero) is 2. The first kappa shape index (κ1) is 28.6. The summed E-state index contributed by atoms with van der Waals surface area (Å²) in [4.78, 5) is 53.2. The van der Waals surface area contributed by atoms with Crippen molar-refractivity contribution in [3.05, 3.63) is 72.4 Å². The highest BCUT2D eigenvalue weighted by atomic mass is 16.4. The summed E-state index contributed by atoms with van der Waals surface area (Å²) < 4.78 is 0. The van der Waals surface area contributed by atoms with Crippen molar-refractivity contribution in [1.29, 1.82) is 0 Å². The number of nitrogens with one attached hydrogen (secondary N) is 1. The van der Waals surface area contributed by atoms with Crippen molar-refractivity contribution in [1.82, 2.24) is 4.98 Å². The molecule has 0 aliphatic heterocycles. The van der Waals surface area contributed by atoms with Crippen molar-refractivity contribution in [3.8, 4) is 0 Å². The Kier molecular flexibility index (Phi) is 10.6. The molecule has 0 saturated heterocycles. The summed E-state index contributed by atoms with van der Waals surface area (Å²) in [5, 5.41) is 12.5. The number of ketones is 2. The predicted octanol–water partition coefficient (Wildman–Crippen LogP) is 3.25. The molecule has 1 aromatic heterocycles. The largest absolute Gasteiger partial charge is 0.481 e. The minimum Gasteiger partial charge on any atom is -0.481 e. The maximum Gasteiger partial charge on any atom is 0.305 e. The van der Waals surface area contributed by atoms with Crippen LogP contribution in [0.1, 0.15) is 44.1 Å². The summed E-state index contributed by atoms with van der Waals surface area (Å²) in [6, 6.07) is 17.1. The van der Waals surface area contributed by atoms with Crippen LogP contribution in [0.5, 0.6) is 0 Å². The SMILES string of the molecule is N[C@@H](CCCCC(=O)[C@@H](N)CC(=O)O)C(=O)C[C@H](Cc1ccccc1)C(=O)Nc1cnc2ccccc2c1. The number of rotatable bonds is 15. The van der Waals surface area contributed by atoms with Crippen molar-refractivity contribution in [2.24, 2.45) is 17.4 Å². The van der Waals surface area contributed by atoms with Crippen LogP contribution in [-0.2, 0) is 25.6 Å². The van der Waals surface area contributed by atoms with Gasteiger partial charge in [0.25, 0.3) is 0 Å². The summed E-state index contributed by atoms with van der Waals surface area (Å²) in [6.07, 6.45) is 3.00.